The number of carbonyl (C=O) groups is 2. The van der Waals surface area contributed by atoms with Gasteiger partial charge in [0, 0.05) is 13.1 Å². The summed E-state index contributed by atoms with van der Waals surface area (Å²) in [7, 11) is 4.06. The molecule has 1 fully saturated rings. The van der Waals surface area contributed by atoms with Gasteiger partial charge in [0.25, 0.3) is 6.47 Å². The molecule has 2 aromatic rings. The van der Waals surface area contributed by atoms with Crippen molar-refractivity contribution in [2.45, 2.75) is 12.5 Å². The third kappa shape index (κ3) is 5.28. The van der Waals surface area contributed by atoms with Crippen LogP contribution in [0.3, 0.4) is 0 Å². The molecule has 0 bridgehead atoms. The van der Waals surface area contributed by atoms with Crippen molar-refractivity contribution in [1.29, 1.82) is 0 Å². The molecule has 0 radical (unpaired) electrons. The first kappa shape index (κ1) is 19.9. The van der Waals surface area contributed by atoms with Gasteiger partial charge in [0.05, 0.1) is 25.7 Å². The highest BCUT2D eigenvalue weighted by Gasteiger charge is 2.27. The number of morpholine rings is 1. The second-order valence-corrected chi connectivity index (χ2v) is 6.50. The van der Waals surface area contributed by atoms with Gasteiger partial charge in [-0.15, -0.1) is 0 Å². The Morgan fingerprint density at radius 3 is 2.69 bits per heavy atom. The van der Waals surface area contributed by atoms with Gasteiger partial charge >= 0.3 is 0 Å². The number of rotatable bonds is 4. The first-order valence-corrected chi connectivity index (χ1v) is 8.63. The van der Waals surface area contributed by atoms with Crippen LogP contribution in [0.15, 0.2) is 42.5 Å². The molecule has 1 heterocycles. The van der Waals surface area contributed by atoms with Crippen molar-refractivity contribution in [3.8, 4) is 0 Å². The minimum atomic E-state index is -0.250. The molecule has 0 saturated carbocycles. The fourth-order valence-electron chi connectivity index (χ4n) is 3.27. The Balaban J connectivity index is 0.000000758. The number of likely N-dealkylation sites (N-methyl/N-ethyl adjacent to an activating group) is 1. The molecule has 0 aromatic heterocycles. The molecule has 26 heavy (non-hydrogen) atoms. The fraction of sp³-hybridized carbons (Fsp3) is 0.400. The number of hydrogen-bond acceptors (Lipinski definition) is 4. The van der Waals surface area contributed by atoms with Crippen molar-refractivity contribution < 1.29 is 19.4 Å². The van der Waals surface area contributed by atoms with E-state index >= 15 is 0 Å². The predicted molar refractivity (Wildman–Crippen MR) is 101 cm³/mol. The lowest BCUT2D eigenvalue weighted by Crippen LogP contribution is -2.53. The summed E-state index contributed by atoms with van der Waals surface area (Å²) in [4.78, 5) is 25.3. The molecule has 1 N–H and O–H groups in total. The van der Waals surface area contributed by atoms with E-state index in [-0.39, 0.29) is 18.4 Å². The molecule has 0 aliphatic carbocycles. The summed E-state index contributed by atoms with van der Waals surface area (Å²) < 4.78 is 5.56. The van der Waals surface area contributed by atoms with Gasteiger partial charge in [0.2, 0.25) is 5.91 Å². The maximum Gasteiger partial charge on any atom is 0.290 e. The normalized spacial score (nSPS) is 16.9. The van der Waals surface area contributed by atoms with Crippen molar-refractivity contribution in [3.63, 3.8) is 0 Å². The largest absolute Gasteiger partial charge is 0.483 e. The van der Waals surface area contributed by atoms with E-state index in [9.17, 15) is 4.79 Å². The molecule has 1 amide bonds. The van der Waals surface area contributed by atoms with Crippen LogP contribution < -0.4 is 0 Å². The second kappa shape index (κ2) is 9.89. The predicted octanol–water partition coefficient (Wildman–Crippen LogP) is 1.87. The Morgan fingerprint density at radius 1 is 1.27 bits per heavy atom. The average Bonchev–Trinajstić information content (AvgIpc) is 2.62. The van der Waals surface area contributed by atoms with Crippen molar-refractivity contribution in [2.75, 3.05) is 40.4 Å². The number of amides is 1. The maximum absolute atomic E-state index is 12.9. The van der Waals surface area contributed by atoms with Gasteiger partial charge in [-0.25, -0.2) is 0 Å². The summed E-state index contributed by atoms with van der Waals surface area (Å²) >= 11 is 0. The number of hydrogen-bond donors (Lipinski definition) is 1. The van der Waals surface area contributed by atoms with Crippen molar-refractivity contribution in [3.05, 3.63) is 48.0 Å². The van der Waals surface area contributed by atoms with Gasteiger partial charge in [-0.05, 0) is 30.4 Å². The van der Waals surface area contributed by atoms with Gasteiger partial charge in [0.15, 0.2) is 0 Å². The third-order valence-corrected chi connectivity index (χ3v) is 4.35. The Hall–Kier alpha value is -2.44. The van der Waals surface area contributed by atoms with Gasteiger partial charge in [-0.1, -0.05) is 42.5 Å². The topological polar surface area (TPSA) is 70.1 Å². The smallest absolute Gasteiger partial charge is 0.290 e. The molecule has 2 aromatic carbocycles. The molecule has 1 saturated heterocycles. The van der Waals surface area contributed by atoms with E-state index in [1.807, 2.05) is 37.2 Å². The number of nitrogens with zero attached hydrogens (tertiary/aromatic N) is 2. The van der Waals surface area contributed by atoms with Crippen LogP contribution in [0.1, 0.15) is 5.56 Å². The molecular formula is C20H26N2O4. The van der Waals surface area contributed by atoms with Crippen LogP contribution in [-0.4, -0.2) is 73.7 Å². The quantitative estimate of drug-likeness (QED) is 0.845. The Morgan fingerprint density at radius 2 is 1.96 bits per heavy atom. The molecular weight excluding hydrogens is 332 g/mol. The fourth-order valence-corrected chi connectivity index (χ4v) is 3.27. The van der Waals surface area contributed by atoms with Crippen LogP contribution in [0, 0.1) is 0 Å². The average molecular weight is 358 g/mol. The van der Waals surface area contributed by atoms with Crippen molar-refractivity contribution in [2.24, 2.45) is 0 Å². The van der Waals surface area contributed by atoms with Crippen molar-refractivity contribution in [1.82, 2.24) is 9.80 Å². The van der Waals surface area contributed by atoms with E-state index in [4.69, 9.17) is 14.6 Å². The lowest BCUT2D eigenvalue weighted by molar-refractivity contribution is -0.139. The molecule has 6 heteroatoms. The van der Waals surface area contributed by atoms with Crippen LogP contribution in [0.25, 0.3) is 10.8 Å². The summed E-state index contributed by atoms with van der Waals surface area (Å²) in [6.45, 7) is 2.52. The van der Waals surface area contributed by atoms with E-state index in [0.717, 1.165) is 12.1 Å². The first-order valence-electron chi connectivity index (χ1n) is 8.63. The highest BCUT2D eigenvalue weighted by atomic mass is 16.5. The lowest BCUT2D eigenvalue weighted by atomic mass is 10.0. The SMILES string of the molecule is CN(C)CC1COCCN1C(=O)Cc1cccc2ccccc12.O=CO. The number of carboxylic acid groups (broad SMARTS) is 1. The van der Waals surface area contributed by atoms with Crippen LogP contribution in [0.5, 0.6) is 0 Å². The summed E-state index contributed by atoms with van der Waals surface area (Å²) in [5.41, 5.74) is 1.10. The van der Waals surface area contributed by atoms with Crippen LogP contribution >= 0.6 is 0 Å². The number of ether oxygens (including phenoxy) is 1. The maximum atomic E-state index is 12.9. The zero-order valence-electron chi connectivity index (χ0n) is 15.3. The number of fused-ring (bicyclic) bond motifs is 1. The highest BCUT2D eigenvalue weighted by molar-refractivity contribution is 5.90. The zero-order valence-corrected chi connectivity index (χ0v) is 15.3. The standard InChI is InChI=1S/C19H24N2O2.CH2O2/c1-20(2)13-17-14-23-11-10-21(17)19(22)12-16-8-5-7-15-6-3-4-9-18(15)16;2-1-3/h3-9,17H,10-14H2,1-2H3;1H,(H,2,3). The van der Waals surface area contributed by atoms with E-state index in [0.29, 0.717) is 26.2 Å². The Bertz CT molecular complexity index is 727. The molecule has 1 aliphatic rings. The van der Waals surface area contributed by atoms with Crippen LogP contribution in [0.2, 0.25) is 0 Å². The monoisotopic (exact) mass is 358 g/mol. The number of carbonyl (C=O) groups excluding carboxylic acids is 1. The second-order valence-electron chi connectivity index (χ2n) is 6.50. The minimum absolute atomic E-state index is 0.140. The van der Waals surface area contributed by atoms with Crippen molar-refractivity contribution >= 4 is 23.2 Å². The molecule has 1 unspecified atom stereocenters. The summed E-state index contributed by atoms with van der Waals surface area (Å²) in [5, 5.41) is 9.24. The van der Waals surface area contributed by atoms with E-state index in [1.54, 1.807) is 0 Å². The van der Waals surface area contributed by atoms with E-state index in [2.05, 4.69) is 29.2 Å². The van der Waals surface area contributed by atoms with E-state index < -0.39 is 0 Å². The zero-order chi connectivity index (χ0) is 18.9. The molecule has 1 aliphatic heterocycles. The third-order valence-electron chi connectivity index (χ3n) is 4.35. The Labute approximate surface area is 154 Å². The van der Waals surface area contributed by atoms with Gasteiger partial charge in [-0.3, -0.25) is 9.59 Å². The van der Waals surface area contributed by atoms with Gasteiger partial charge < -0.3 is 19.6 Å². The highest BCUT2D eigenvalue weighted by Crippen LogP contribution is 2.20. The first-order chi connectivity index (χ1) is 12.6. The molecule has 3 rings (SSSR count). The van der Waals surface area contributed by atoms with Gasteiger partial charge in [-0.2, -0.15) is 0 Å². The Kier molecular flexibility index (Phi) is 7.56. The minimum Gasteiger partial charge on any atom is -0.483 e. The van der Waals surface area contributed by atoms with Gasteiger partial charge in [0.1, 0.15) is 0 Å². The summed E-state index contributed by atoms with van der Waals surface area (Å²) in [5.74, 6) is 0.191. The van der Waals surface area contributed by atoms with Crippen LogP contribution in [0.4, 0.5) is 0 Å². The lowest BCUT2D eigenvalue weighted by Gasteiger charge is -2.37. The molecule has 140 valence electrons. The van der Waals surface area contributed by atoms with E-state index in [1.165, 1.54) is 10.8 Å². The van der Waals surface area contributed by atoms with Crippen LogP contribution in [-0.2, 0) is 20.7 Å². The summed E-state index contributed by atoms with van der Waals surface area (Å²) in [6, 6.07) is 14.6. The molecule has 1 atom stereocenters. The molecule has 6 nitrogen and oxygen atoms in total. The molecule has 0 spiro atoms. The summed E-state index contributed by atoms with van der Waals surface area (Å²) in [6.07, 6.45) is 0.450. The number of benzene rings is 2.